The van der Waals surface area contributed by atoms with E-state index in [2.05, 4.69) is 10.3 Å². The van der Waals surface area contributed by atoms with Crippen LogP contribution in [0.15, 0.2) is 53.2 Å². The maximum Gasteiger partial charge on any atom is 0.275 e. The lowest BCUT2D eigenvalue weighted by Gasteiger charge is -2.07. The summed E-state index contributed by atoms with van der Waals surface area (Å²) in [5.74, 6) is 1.66. The van der Waals surface area contributed by atoms with Crippen LogP contribution in [-0.2, 0) is 11.2 Å². The van der Waals surface area contributed by atoms with Crippen molar-refractivity contribution in [3.05, 3.63) is 64.3 Å². The Morgan fingerprint density at radius 3 is 2.58 bits per heavy atom. The Labute approximate surface area is 157 Å². The molecular formula is C20H19ClN2O3. The number of ether oxygens (including phenoxy) is 2. The SMILES string of the molecule is COc1ccc(/C=C2/N=C(CCc3ccccc3Cl)NC2=O)cc1OC. The van der Waals surface area contributed by atoms with Gasteiger partial charge in [-0.05, 0) is 41.8 Å². The fourth-order valence-corrected chi connectivity index (χ4v) is 2.92. The third kappa shape index (κ3) is 4.06. The number of amides is 1. The molecule has 26 heavy (non-hydrogen) atoms. The van der Waals surface area contributed by atoms with E-state index < -0.39 is 0 Å². The lowest BCUT2D eigenvalue weighted by molar-refractivity contribution is -0.115. The number of aryl methyl sites for hydroxylation is 1. The monoisotopic (exact) mass is 370 g/mol. The Balaban J connectivity index is 1.75. The predicted octanol–water partition coefficient (Wildman–Crippen LogP) is 3.86. The van der Waals surface area contributed by atoms with Gasteiger partial charge < -0.3 is 14.8 Å². The summed E-state index contributed by atoms with van der Waals surface area (Å²) in [6, 6.07) is 13.1. The second kappa shape index (κ2) is 8.06. The fourth-order valence-electron chi connectivity index (χ4n) is 2.69. The van der Waals surface area contributed by atoms with Gasteiger partial charge in [-0.3, -0.25) is 4.79 Å². The molecule has 0 bridgehead atoms. The molecule has 6 heteroatoms. The number of benzene rings is 2. The Bertz CT molecular complexity index is 890. The van der Waals surface area contributed by atoms with E-state index in [0.29, 0.717) is 35.9 Å². The molecule has 1 amide bonds. The second-order valence-corrected chi connectivity index (χ2v) is 6.16. The van der Waals surface area contributed by atoms with Crippen LogP contribution in [0.3, 0.4) is 0 Å². The highest BCUT2D eigenvalue weighted by molar-refractivity contribution is 6.31. The summed E-state index contributed by atoms with van der Waals surface area (Å²) in [6.07, 6.45) is 3.04. The number of halogens is 1. The van der Waals surface area contributed by atoms with Gasteiger partial charge in [0.2, 0.25) is 0 Å². The molecule has 134 valence electrons. The Morgan fingerprint density at radius 2 is 1.85 bits per heavy atom. The van der Waals surface area contributed by atoms with Crippen LogP contribution >= 0.6 is 11.6 Å². The Morgan fingerprint density at radius 1 is 1.08 bits per heavy atom. The van der Waals surface area contributed by atoms with Crippen LogP contribution in [0.25, 0.3) is 6.08 Å². The van der Waals surface area contributed by atoms with Crippen LogP contribution in [0.1, 0.15) is 17.5 Å². The zero-order valence-corrected chi connectivity index (χ0v) is 15.3. The number of nitrogens with one attached hydrogen (secondary N) is 1. The van der Waals surface area contributed by atoms with E-state index in [1.807, 2.05) is 30.3 Å². The molecule has 0 radical (unpaired) electrons. The third-order valence-corrected chi connectivity index (χ3v) is 4.41. The number of amidine groups is 1. The van der Waals surface area contributed by atoms with Crippen molar-refractivity contribution in [3.63, 3.8) is 0 Å². The van der Waals surface area contributed by atoms with Gasteiger partial charge in [0.25, 0.3) is 5.91 Å². The molecule has 0 unspecified atom stereocenters. The van der Waals surface area contributed by atoms with Crippen LogP contribution in [0.5, 0.6) is 11.5 Å². The number of hydrogen-bond acceptors (Lipinski definition) is 4. The van der Waals surface area contributed by atoms with E-state index in [9.17, 15) is 4.79 Å². The summed E-state index contributed by atoms with van der Waals surface area (Å²) < 4.78 is 10.5. The number of aliphatic imine (C=N–C) groups is 1. The first-order valence-corrected chi connectivity index (χ1v) is 8.54. The molecular weight excluding hydrogens is 352 g/mol. The molecule has 0 aliphatic carbocycles. The summed E-state index contributed by atoms with van der Waals surface area (Å²) in [7, 11) is 3.15. The van der Waals surface area contributed by atoms with Gasteiger partial charge in [-0.1, -0.05) is 35.9 Å². The highest BCUT2D eigenvalue weighted by Gasteiger charge is 2.20. The lowest BCUT2D eigenvalue weighted by Crippen LogP contribution is -2.24. The number of methoxy groups -OCH3 is 2. The normalized spacial score (nSPS) is 15.0. The van der Waals surface area contributed by atoms with Gasteiger partial charge in [0.15, 0.2) is 11.5 Å². The largest absolute Gasteiger partial charge is 0.493 e. The zero-order chi connectivity index (χ0) is 18.5. The summed E-state index contributed by atoms with van der Waals surface area (Å²) in [4.78, 5) is 16.6. The van der Waals surface area contributed by atoms with E-state index in [1.165, 1.54) is 0 Å². The molecule has 5 nitrogen and oxygen atoms in total. The molecule has 0 aromatic heterocycles. The van der Waals surface area contributed by atoms with E-state index in [0.717, 1.165) is 16.1 Å². The van der Waals surface area contributed by atoms with Gasteiger partial charge in [-0.15, -0.1) is 0 Å². The minimum Gasteiger partial charge on any atom is -0.493 e. The standard InChI is InChI=1S/C20H19ClN2O3/c1-25-17-9-7-13(12-18(17)26-2)11-16-20(24)23-19(22-16)10-8-14-5-3-4-6-15(14)21/h3-7,9,11-12H,8,10H2,1-2H3,(H,22,23,24)/b16-11+. The number of nitrogens with zero attached hydrogens (tertiary/aromatic N) is 1. The van der Waals surface area contributed by atoms with E-state index in [1.54, 1.807) is 32.4 Å². The average molecular weight is 371 g/mol. The van der Waals surface area contributed by atoms with E-state index >= 15 is 0 Å². The quantitative estimate of drug-likeness (QED) is 0.785. The molecule has 1 aliphatic rings. The average Bonchev–Trinajstić information content (AvgIpc) is 3.00. The molecule has 0 atom stereocenters. The van der Waals surface area contributed by atoms with Crippen LogP contribution in [0, 0.1) is 0 Å². The highest BCUT2D eigenvalue weighted by Crippen LogP contribution is 2.29. The summed E-state index contributed by atoms with van der Waals surface area (Å²) in [5.41, 5.74) is 2.21. The van der Waals surface area contributed by atoms with Crippen molar-refractivity contribution in [2.45, 2.75) is 12.8 Å². The van der Waals surface area contributed by atoms with Crippen molar-refractivity contribution < 1.29 is 14.3 Å². The lowest BCUT2D eigenvalue weighted by atomic mass is 10.1. The van der Waals surface area contributed by atoms with Gasteiger partial charge in [0.05, 0.1) is 14.2 Å². The molecule has 0 spiro atoms. The molecule has 2 aromatic rings. The topological polar surface area (TPSA) is 59.9 Å². The predicted molar refractivity (Wildman–Crippen MR) is 103 cm³/mol. The molecule has 1 aliphatic heterocycles. The number of rotatable bonds is 6. The fraction of sp³-hybridized carbons (Fsp3) is 0.200. The van der Waals surface area contributed by atoms with Gasteiger partial charge in [-0.2, -0.15) is 0 Å². The number of carbonyl (C=O) groups excluding carboxylic acids is 1. The molecule has 0 saturated heterocycles. The molecule has 1 N–H and O–H groups in total. The van der Waals surface area contributed by atoms with Crippen LogP contribution < -0.4 is 14.8 Å². The van der Waals surface area contributed by atoms with E-state index in [-0.39, 0.29) is 5.91 Å². The van der Waals surface area contributed by atoms with Crippen LogP contribution in [-0.4, -0.2) is 26.0 Å². The molecule has 3 rings (SSSR count). The van der Waals surface area contributed by atoms with Crippen LogP contribution in [0.4, 0.5) is 0 Å². The van der Waals surface area contributed by atoms with Crippen molar-refractivity contribution in [2.24, 2.45) is 4.99 Å². The smallest absolute Gasteiger partial charge is 0.275 e. The second-order valence-electron chi connectivity index (χ2n) is 5.75. The van der Waals surface area contributed by atoms with Crippen molar-refractivity contribution in [2.75, 3.05) is 14.2 Å². The first kappa shape index (κ1) is 18.0. The summed E-state index contributed by atoms with van der Waals surface area (Å²) in [5, 5.41) is 3.53. The Kier molecular flexibility index (Phi) is 5.58. The van der Waals surface area contributed by atoms with Crippen molar-refractivity contribution in [1.29, 1.82) is 0 Å². The molecule has 1 heterocycles. The minimum atomic E-state index is -0.214. The molecule has 0 fully saturated rings. The maximum atomic E-state index is 12.2. The van der Waals surface area contributed by atoms with Crippen LogP contribution in [0.2, 0.25) is 5.02 Å². The van der Waals surface area contributed by atoms with Crippen molar-refractivity contribution in [3.8, 4) is 11.5 Å². The highest BCUT2D eigenvalue weighted by atomic mass is 35.5. The van der Waals surface area contributed by atoms with Crippen molar-refractivity contribution >= 4 is 29.4 Å². The van der Waals surface area contributed by atoms with Gasteiger partial charge in [-0.25, -0.2) is 4.99 Å². The number of hydrogen-bond donors (Lipinski definition) is 1. The Hall–Kier alpha value is -2.79. The first-order chi connectivity index (χ1) is 12.6. The van der Waals surface area contributed by atoms with Gasteiger partial charge >= 0.3 is 0 Å². The summed E-state index contributed by atoms with van der Waals surface area (Å²) in [6.45, 7) is 0. The van der Waals surface area contributed by atoms with Gasteiger partial charge in [0.1, 0.15) is 11.5 Å². The molecule has 2 aromatic carbocycles. The first-order valence-electron chi connectivity index (χ1n) is 8.16. The maximum absolute atomic E-state index is 12.2. The zero-order valence-electron chi connectivity index (χ0n) is 14.6. The molecule has 0 saturated carbocycles. The van der Waals surface area contributed by atoms with E-state index in [4.69, 9.17) is 21.1 Å². The van der Waals surface area contributed by atoms with Gasteiger partial charge in [0, 0.05) is 11.4 Å². The summed E-state index contributed by atoms with van der Waals surface area (Å²) >= 11 is 6.17. The minimum absolute atomic E-state index is 0.214. The number of carbonyl (C=O) groups is 1. The van der Waals surface area contributed by atoms with Crippen molar-refractivity contribution in [1.82, 2.24) is 5.32 Å². The third-order valence-electron chi connectivity index (χ3n) is 4.05.